The molecule has 94 valence electrons. The van der Waals surface area contributed by atoms with Crippen LogP contribution in [0.2, 0.25) is 0 Å². The van der Waals surface area contributed by atoms with E-state index >= 15 is 0 Å². The van der Waals surface area contributed by atoms with Crippen LogP contribution in [0.15, 0.2) is 6.07 Å². The molecule has 0 saturated heterocycles. The molecule has 17 heavy (non-hydrogen) atoms. The number of hydrogen-bond donors (Lipinski definition) is 2. The Morgan fingerprint density at radius 2 is 1.76 bits per heavy atom. The fraction of sp³-hybridized carbons (Fsp3) is 0.571. The zero-order valence-corrected chi connectivity index (χ0v) is 11.1. The third kappa shape index (κ3) is 1.42. The monoisotopic (exact) mass is 236 g/mol. The van der Waals surface area contributed by atoms with Crippen LogP contribution in [-0.2, 0) is 5.60 Å². The number of aliphatic hydroxyl groups excluding tert-OH is 1. The van der Waals surface area contributed by atoms with Crippen LogP contribution in [0.3, 0.4) is 0 Å². The van der Waals surface area contributed by atoms with Crippen molar-refractivity contribution in [2.24, 2.45) is 0 Å². The summed E-state index contributed by atoms with van der Waals surface area (Å²) in [5.74, 6) is 0.726. The molecule has 0 saturated carbocycles. The van der Waals surface area contributed by atoms with Crippen molar-refractivity contribution in [3.63, 3.8) is 0 Å². The van der Waals surface area contributed by atoms with Crippen LogP contribution in [0.4, 0.5) is 0 Å². The van der Waals surface area contributed by atoms with Gasteiger partial charge >= 0.3 is 0 Å². The van der Waals surface area contributed by atoms with E-state index in [1.165, 1.54) is 0 Å². The summed E-state index contributed by atoms with van der Waals surface area (Å²) in [7, 11) is 0. The van der Waals surface area contributed by atoms with Gasteiger partial charge < -0.3 is 14.9 Å². The van der Waals surface area contributed by atoms with Gasteiger partial charge in [-0.15, -0.1) is 0 Å². The second kappa shape index (κ2) is 3.47. The number of aryl methyl sites for hydroxylation is 2. The Morgan fingerprint density at radius 1 is 1.18 bits per heavy atom. The minimum absolute atomic E-state index is 0.337. The van der Waals surface area contributed by atoms with Crippen molar-refractivity contribution in [2.75, 3.05) is 6.61 Å². The zero-order chi connectivity index (χ0) is 13.0. The Morgan fingerprint density at radius 3 is 2.29 bits per heavy atom. The van der Waals surface area contributed by atoms with Gasteiger partial charge in [0.25, 0.3) is 0 Å². The third-order valence-electron chi connectivity index (χ3n) is 3.98. The second-order valence-corrected chi connectivity index (χ2v) is 5.47. The minimum Gasteiger partial charge on any atom is -0.484 e. The standard InChI is InChI=1S/C14H20O3/c1-8-6-9(2)11-12(10(8)3)17-13(4,5)14(11,16)7-15/h6,15-16H,7H2,1-5H3. The predicted octanol–water partition coefficient (Wildman–Crippen LogP) is 1.96. The number of hydrogen-bond acceptors (Lipinski definition) is 3. The molecule has 1 unspecified atom stereocenters. The summed E-state index contributed by atoms with van der Waals surface area (Å²) in [4.78, 5) is 0. The summed E-state index contributed by atoms with van der Waals surface area (Å²) in [6.07, 6.45) is 0. The molecule has 2 N–H and O–H groups in total. The molecular weight excluding hydrogens is 216 g/mol. The molecule has 3 heteroatoms. The molecule has 1 atom stereocenters. The highest BCUT2D eigenvalue weighted by Crippen LogP contribution is 2.50. The molecule has 1 aromatic carbocycles. The van der Waals surface area contributed by atoms with Gasteiger partial charge in [-0.1, -0.05) is 6.07 Å². The highest BCUT2D eigenvalue weighted by atomic mass is 16.5. The normalized spacial score (nSPS) is 25.6. The molecule has 2 rings (SSSR count). The Kier molecular flexibility index (Phi) is 2.53. The average Bonchev–Trinajstić information content (AvgIpc) is 2.45. The summed E-state index contributed by atoms with van der Waals surface area (Å²) < 4.78 is 5.88. The molecular formula is C14H20O3. The van der Waals surface area contributed by atoms with Crippen molar-refractivity contribution in [3.8, 4) is 5.75 Å². The summed E-state index contributed by atoms with van der Waals surface area (Å²) in [5.41, 5.74) is 1.72. The van der Waals surface area contributed by atoms with Gasteiger partial charge in [0.15, 0.2) is 5.60 Å². The van der Waals surface area contributed by atoms with E-state index in [0.717, 1.165) is 28.0 Å². The molecule has 1 heterocycles. The van der Waals surface area contributed by atoms with E-state index in [2.05, 4.69) is 0 Å². The van der Waals surface area contributed by atoms with Crippen LogP contribution < -0.4 is 4.74 Å². The van der Waals surface area contributed by atoms with E-state index < -0.39 is 11.2 Å². The Labute approximate surface area is 102 Å². The summed E-state index contributed by atoms with van der Waals surface area (Å²) in [5, 5.41) is 20.3. The highest BCUT2D eigenvalue weighted by Gasteiger charge is 2.54. The van der Waals surface area contributed by atoms with Gasteiger partial charge in [0, 0.05) is 5.56 Å². The van der Waals surface area contributed by atoms with Crippen LogP contribution in [0.25, 0.3) is 0 Å². The smallest absolute Gasteiger partial charge is 0.155 e. The largest absolute Gasteiger partial charge is 0.484 e. The van der Waals surface area contributed by atoms with E-state index in [0.29, 0.717) is 0 Å². The molecule has 1 aliphatic rings. The van der Waals surface area contributed by atoms with E-state index in [1.54, 1.807) is 13.8 Å². The lowest BCUT2D eigenvalue weighted by Gasteiger charge is -2.34. The van der Waals surface area contributed by atoms with E-state index in [9.17, 15) is 10.2 Å². The minimum atomic E-state index is -1.33. The lowest BCUT2D eigenvalue weighted by Crippen LogP contribution is -2.49. The Hall–Kier alpha value is -1.06. The first-order valence-corrected chi connectivity index (χ1v) is 5.88. The first-order valence-electron chi connectivity index (χ1n) is 5.88. The van der Waals surface area contributed by atoms with Gasteiger partial charge in [-0.25, -0.2) is 0 Å². The first-order chi connectivity index (χ1) is 7.74. The van der Waals surface area contributed by atoms with Crippen molar-refractivity contribution in [2.45, 2.75) is 45.8 Å². The lowest BCUT2D eigenvalue weighted by atomic mass is 9.80. The van der Waals surface area contributed by atoms with Crippen molar-refractivity contribution in [1.82, 2.24) is 0 Å². The molecule has 0 fully saturated rings. The van der Waals surface area contributed by atoms with Crippen LogP contribution >= 0.6 is 0 Å². The maximum absolute atomic E-state index is 10.7. The fourth-order valence-electron chi connectivity index (χ4n) is 2.60. The fourth-order valence-corrected chi connectivity index (χ4v) is 2.60. The molecule has 0 radical (unpaired) electrons. The van der Waals surface area contributed by atoms with Crippen LogP contribution in [0, 0.1) is 20.8 Å². The van der Waals surface area contributed by atoms with Gasteiger partial charge in [-0.2, -0.15) is 0 Å². The van der Waals surface area contributed by atoms with Gasteiger partial charge in [0.05, 0.1) is 6.61 Å². The zero-order valence-electron chi connectivity index (χ0n) is 11.1. The topological polar surface area (TPSA) is 49.7 Å². The quantitative estimate of drug-likeness (QED) is 0.783. The Balaban J connectivity index is 2.78. The van der Waals surface area contributed by atoms with Crippen molar-refractivity contribution in [3.05, 3.63) is 28.3 Å². The Bertz CT molecular complexity index is 477. The van der Waals surface area contributed by atoms with Gasteiger partial charge in [-0.05, 0) is 51.3 Å². The number of ether oxygens (including phenoxy) is 1. The lowest BCUT2D eigenvalue weighted by molar-refractivity contribution is -0.123. The van der Waals surface area contributed by atoms with Gasteiger partial charge in [0.2, 0.25) is 0 Å². The predicted molar refractivity (Wildman–Crippen MR) is 66.3 cm³/mol. The van der Waals surface area contributed by atoms with Crippen LogP contribution in [-0.4, -0.2) is 22.4 Å². The third-order valence-corrected chi connectivity index (χ3v) is 3.98. The molecule has 0 bridgehead atoms. The van der Waals surface area contributed by atoms with Gasteiger partial charge in [0.1, 0.15) is 11.4 Å². The molecule has 0 amide bonds. The summed E-state index contributed by atoms with van der Waals surface area (Å²) in [6, 6.07) is 2.03. The van der Waals surface area contributed by atoms with Crippen LogP contribution in [0.5, 0.6) is 5.75 Å². The highest BCUT2D eigenvalue weighted by molar-refractivity contribution is 5.56. The molecule has 1 aliphatic heterocycles. The number of aliphatic hydroxyl groups is 2. The second-order valence-electron chi connectivity index (χ2n) is 5.47. The molecule has 1 aromatic rings. The average molecular weight is 236 g/mol. The number of fused-ring (bicyclic) bond motifs is 1. The van der Waals surface area contributed by atoms with Crippen molar-refractivity contribution in [1.29, 1.82) is 0 Å². The van der Waals surface area contributed by atoms with E-state index in [1.807, 2.05) is 26.8 Å². The first kappa shape index (κ1) is 12.4. The maximum atomic E-state index is 10.7. The molecule has 3 nitrogen and oxygen atoms in total. The van der Waals surface area contributed by atoms with E-state index in [-0.39, 0.29) is 6.61 Å². The SMILES string of the molecule is Cc1cc(C)c2c(c1C)OC(C)(C)C2(O)CO. The van der Waals surface area contributed by atoms with Gasteiger partial charge in [-0.3, -0.25) is 0 Å². The summed E-state index contributed by atoms with van der Waals surface area (Å²) >= 11 is 0. The number of rotatable bonds is 1. The van der Waals surface area contributed by atoms with Crippen molar-refractivity contribution >= 4 is 0 Å². The van der Waals surface area contributed by atoms with E-state index in [4.69, 9.17) is 4.74 Å². The number of benzene rings is 1. The molecule has 0 aliphatic carbocycles. The van der Waals surface area contributed by atoms with Crippen molar-refractivity contribution < 1.29 is 14.9 Å². The maximum Gasteiger partial charge on any atom is 0.155 e. The van der Waals surface area contributed by atoms with Crippen LogP contribution in [0.1, 0.15) is 36.1 Å². The summed E-state index contributed by atoms with van der Waals surface area (Å²) in [6.45, 7) is 9.21. The molecule has 0 aromatic heterocycles. The molecule has 0 spiro atoms.